The van der Waals surface area contributed by atoms with Crippen molar-refractivity contribution in [3.05, 3.63) is 29.6 Å². The summed E-state index contributed by atoms with van der Waals surface area (Å²) in [7, 11) is 0. The van der Waals surface area contributed by atoms with Gasteiger partial charge in [-0.2, -0.15) is 0 Å². The molecule has 2 saturated heterocycles. The second-order valence-corrected chi connectivity index (χ2v) is 7.47. The van der Waals surface area contributed by atoms with Crippen LogP contribution in [-0.4, -0.2) is 55.3 Å². The zero-order valence-corrected chi connectivity index (χ0v) is 13.7. The molecule has 1 amide bonds. The maximum absolute atomic E-state index is 12.8. The first-order valence-electron chi connectivity index (χ1n) is 8.53. The predicted octanol–water partition coefficient (Wildman–Crippen LogP) is 1.91. The Bertz CT molecular complexity index is 602. The number of pyridine rings is 1. The number of carbonyl (C=O) groups excluding carboxylic acids is 1. The van der Waals surface area contributed by atoms with Gasteiger partial charge in [-0.05, 0) is 37.3 Å². The Morgan fingerprint density at radius 3 is 3.13 bits per heavy atom. The lowest BCUT2D eigenvalue weighted by Crippen LogP contribution is -2.37. The molecule has 0 bridgehead atoms. The quantitative estimate of drug-likeness (QED) is 0.832. The lowest BCUT2D eigenvalue weighted by atomic mass is 9.82. The summed E-state index contributed by atoms with van der Waals surface area (Å²) in [5, 5.41) is 0. The third-order valence-corrected chi connectivity index (χ3v) is 5.37. The minimum Gasteiger partial charge on any atom is -0.380 e. The minimum atomic E-state index is -0.0121. The van der Waals surface area contributed by atoms with E-state index in [1.54, 1.807) is 12.4 Å². The van der Waals surface area contributed by atoms with Crippen molar-refractivity contribution in [1.82, 2.24) is 9.88 Å². The molecule has 1 aromatic heterocycles. The molecule has 3 heterocycles. The number of carbonyl (C=O) groups is 1. The average Bonchev–Trinajstić information content (AvgIpc) is 3.16. The Balaban J connectivity index is 1.44. The van der Waals surface area contributed by atoms with Crippen LogP contribution in [0, 0.1) is 24.2 Å². The highest BCUT2D eigenvalue weighted by atomic mass is 16.5. The average molecular weight is 316 g/mol. The Labute approximate surface area is 137 Å². The van der Waals surface area contributed by atoms with Gasteiger partial charge in [0.05, 0.1) is 25.4 Å². The van der Waals surface area contributed by atoms with Gasteiger partial charge in [-0.25, -0.2) is 0 Å². The number of aryl methyl sites for hydroxylation is 1. The Morgan fingerprint density at radius 1 is 1.48 bits per heavy atom. The molecule has 0 unspecified atom stereocenters. The third-order valence-electron chi connectivity index (χ3n) is 5.37. The van der Waals surface area contributed by atoms with Gasteiger partial charge >= 0.3 is 0 Å². The highest BCUT2D eigenvalue weighted by Crippen LogP contribution is 2.42. The van der Waals surface area contributed by atoms with Gasteiger partial charge in [0.1, 0.15) is 0 Å². The summed E-state index contributed by atoms with van der Waals surface area (Å²) >= 11 is 0. The van der Waals surface area contributed by atoms with Crippen molar-refractivity contribution in [2.24, 2.45) is 17.3 Å². The number of nitrogens with zero attached hydrogens (tertiary/aromatic N) is 2. The van der Waals surface area contributed by atoms with Gasteiger partial charge in [-0.15, -0.1) is 0 Å². The van der Waals surface area contributed by atoms with E-state index in [1.807, 2.05) is 17.9 Å². The summed E-state index contributed by atoms with van der Waals surface area (Å²) in [6, 6.07) is 1.91. The van der Waals surface area contributed by atoms with E-state index in [-0.39, 0.29) is 11.3 Å². The topological polar surface area (TPSA) is 51.7 Å². The van der Waals surface area contributed by atoms with Crippen molar-refractivity contribution >= 4 is 5.91 Å². The SMILES string of the molecule is Cc1cncc(C(=O)N2C[C@@H]3COC[C@]3(COCC3CC3)C2)c1. The van der Waals surface area contributed by atoms with E-state index in [0.29, 0.717) is 24.7 Å². The van der Waals surface area contributed by atoms with Crippen molar-refractivity contribution < 1.29 is 14.3 Å². The fourth-order valence-corrected chi connectivity index (χ4v) is 3.76. The van der Waals surface area contributed by atoms with Crippen LogP contribution in [0.15, 0.2) is 18.5 Å². The van der Waals surface area contributed by atoms with Crippen LogP contribution in [0.1, 0.15) is 28.8 Å². The first kappa shape index (κ1) is 15.1. The number of rotatable bonds is 5. The number of ether oxygens (including phenoxy) is 2. The summed E-state index contributed by atoms with van der Waals surface area (Å²) < 4.78 is 11.7. The fraction of sp³-hybridized carbons (Fsp3) is 0.667. The number of hydrogen-bond donors (Lipinski definition) is 0. The van der Waals surface area contributed by atoms with Gasteiger partial charge in [-0.1, -0.05) is 0 Å². The molecule has 1 aromatic rings. The fourth-order valence-electron chi connectivity index (χ4n) is 3.76. The van der Waals surface area contributed by atoms with Gasteiger partial charge in [0.25, 0.3) is 5.91 Å². The molecular formula is C18H24N2O3. The number of aromatic nitrogens is 1. The summed E-state index contributed by atoms with van der Waals surface area (Å²) in [6.45, 7) is 6.48. The van der Waals surface area contributed by atoms with Crippen LogP contribution >= 0.6 is 0 Å². The highest BCUT2D eigenvalue weighted by molar-refractivity contribution is 5.94. The van der Waals surface area contributed by atoms with E-state index in [9.17, 15) is 4.79 Å². The smallest absolute Gasteiger partial charge is 0.255 e. The molecule has 5 heteroatoms. The van der Waals surface area contributed by atoms with Gasteiger partial charge in [0.2, 0.25) is 0 Å². The first-order chi connectivity index (χ1) is 11.2. The van der Waals surface area contributed by atoms with Crippen molar-refractivity contribution in [3.8, 4) is 0 Å². The minimum absolute atomic E-state index is 0.0121. The van der Waals surface area contributed by atoms with Crippen LogP contribution in [0.3, 0.4) is 0 Å². The van der Waals surface area contributed by atoms with E-state index in [4.69, 9.17) is 9.47 Å². The van der Waals surface area contributed by atoms with Gasteiger partial charge in [0, 0.05) is 43.4 Å². The second-order valence-electron chi connectivity index (χ2n) is 7.47. The van der Waals surface area contributed by atoms with Crippen LogP contribution in [-0.2, 0) is 9.47 Å². The molecule has 4 rings (SSSR count). The zero-order valence-electron chi connectivity index (χ0n) is 13.7. The molecule has 23 heavy (non-hydrogen) atoms. The van der Waals surface area contributed by atoms with Gasteiger partial charge in [-0.3, -0.25) is 9.78 Å². The van der Waals surface area contributed by atoms with Crippen LogP contribution in [0.25, 0.3) is 0 Å². The van der Waals surface area contributed by atoms with Crippen LogP contribution in [0.5, 0.6) is 0 Å². The summed E-state index contributed by atoms with van der Waals surface area (Å²) in [5.41, 5.74) is 1.68. The lowest BCUT2D eigenvalue weighted by molar-refractivity contribution is 0.0223. The number of likely N-dealkylation sites (tertiary alicyclic amines) is 1. The molecule has 3 fully saturated rings. The molecule has 0 aromatic carbocycles. The normalized spacial score (nSPS) is 29.8. The molecule has 2 atom stereocenters. The van der Waals surface area contributed by atoms with E-state index >= 15 is 0 Å². The van der Waals surface area contributed by atoms with Gasteiger partial charge in [0.15, 0.2) is 0 Å². The molecule has 124 valence electrons. The largest absolute Gasteiger partial charge is 0.380 e. The standard InChI is InChI=1S/C18H24N2O3/c1-13-4-15(6-19-5-13)17(21)20-7-16-9-23-12-18(16,10-20)11-22-8-14-2-3-14/h4-6,14,16H,2-3,7-12H2,1H3/t16-,18-/m1/s1. The molecule has 0 spiro atoms. The van der Waals surface area contributed by atoms with Gasteiger partial charge < -0.3 is 14.4 Å². The summed E-state index contributed by atoms with van der Waals surface area (Å²) in [6.07, 6.45) is 6.04. The van der Waals surface area contributed by atoms with E-state index in [1.165, 1.54) is 12.8 Å². The molecule has 1 aliphatic carbocycles. The summed E-state index contributed by atoms with van der Waals surface area (Å²) in [4.78, 5) is 18.9. The van der Waals surface area contributed by atoms with Crippen LogP contribution < -0.4 is 0 Å². The Morgan fingerprint density at radius 2 is 2.35 bits per heavy atom. The lowest BCUT2D eigenvalue weighted by Gasteiger charge is -2.27. The van der Waals surface area contributed by atoms with Crippen molar-refractivity contribution in [3.63, 3.8) is 0 Å². The number of fused-ring (bicyclic) bond motifs is 1. The highest BCUT2D eigenvalue weighted by Gasteiger charge is 2.52. The second kappa shape index (κ2) is 5.87. The molecular weight excluding hydrogens is 292 g/mol. The number of hydrogen-bond acceptors (Lipinski definition) is 4. The van der Waals surface area contributed by atoms with E-state index in [2.05, 4.69) is 4.98 Å². The zero-order chi connectivity index (χ0) is 15.9. The van der Waals surface area contributed by atoms with E-state index < -0.39 is 0 Å². The van der Waals surface area contributed by atoms with E-state index in [0.717, 1.165) is 37.8 Å². The Hall–Kier alpha value is -1.46. The summed E-state index contributed by atoms with van der Waals surface area (Å²) in [5.74, 6) is 1.24. The van der Waals surface area contributed by atoms with Crippen molar-refractivity contribution in [1.29, 1.82) is 0 Å². The maximum atomic E-state index is 12.8. The Kier molecular flexibility index (Phi) is 3.85. The molecule has 2 aliphatic heterocycles. The van der Waals surface area contributed by atoms with Crippen molar-refractivity contribution in [2.75, 3.05) is 39.5 Å². The predicted molar refractivity (Wildman–Crippen MR) is 85.2 cm³/mol. The molecule has 5 nitrogen and oxygen atoms in total. The maximum Gasteiger partial charge on any atom is 0.255 e. The third kappa shape index (κ3) is 3.00. The monoisotopic (exact) mass is 316 g/mol. The molecule has 0 N–H and O–H groups in total. The molecule has 1 saturated carbocycles. The van der Waals surface area contributed by atoms with Crippen molar-refractivity contribution in [2.45, 2.75) is 19.8 Å². The first-order valence-corrected chi connectivity index (χ1v) is 8.53. The van der Waals surface area contributed by atoms with Crippen LogP contribution in [0.4, 0.5) is 0 Å². The molecule has 3 aliphatic rings. The van der Waals surface area contributed by atoms with Crippen LogP contribution in [0.2, 0.25) is 0 Å². The molecule has 0 radical (unpaired) electrons. The number of amides is 1.